The molecule has 0 N–H and O–H groups in total. The standard InChI is InChI=1S/C14H16FNO2/c1-9-3-4-11(7-12(9)15)14(18)16-6-5-13(17)10(2)8-16/h3-4,7,10H,5-6,8H2,1-2H3. The van der Waals surface area contributed by atoms with Crippen molar-refractivity contribution in [2.45, 2.75) is 20.3 Å². The average molecular weight is 249 g/mol. The van der Waals surface area contributed by atoms with Crippen molar-refractivity contribution in [2.75, 3.05) is 13.1 Å². The quantitative estimate of drug-likeness (QED) is 0.765. The van der Waals surface area contributed by atoms with Gasteiger partial charge < -0.3 is 4.90 Å². The number of hydrogen-bond acceptors (Lipinski definition) is 2. The Balaban J connectivity index is 2.16. The minimum Gasteiger partial charge on any atom is -0.337 e. The number of carbonyl (C=O) groups is 2. The number of hydrogen-bond donors (Lipinski definition) is 0. The fourth-order valence-electron chi connectivity index (χ4n) is 2.11. The zero-order chi connectivity index (χ0) is 13.3. The fourth-order valence-corrected chi connectivity index (χ4v) is 2.11. The van der Waals surface area contributed by atoms with E-state index in [0.717, 1.165) is 0 Å². The number of amides is 1. The lowest BCUT2D eigenvalue weighted by atomic mass is 9.98. The lowest BCUT2D eigenvalue weighted by molar-refractivity contribution is -0.124. The van der Waals surface area contributed by atoms with Crippen molar-refractivity contribution in [2.24, 2.45) is 5.92 Å². The van der Waals surface area contributed by atoms with Crippen LogP contribution < -0.4 is 0 Å². The number of halogens is 1. The van der Waals surface area contributed by atoms with Gasteiger partial charge in [0.25, 0.3) is 5.91 Å². The molecule has 1 heterocycles. The lowest BCUT2D eigenvalue weighted by Crippen LogP contribution is -2.43. The first-order chi connectivity index (χ1) is 8.49. The Labute approximate surface area is 106 Å². The smallest absolute Gasteiger partial charge is 0.253 e. The number of Topliss-reactive ketones (excluding diaryl/α,β-unsaturated/α-hetero) is 1. The van der Waals surface area contributed by atoms with Gasteiger partial charge in [0.15, 0.2) is 0 Å². The molecule has 1 amide bonds. The van der Waals surface area contributed by atoms with E-state index >= 15 is 0 Å². The predicted octanol–water partition coefficient (Wildman–Crippen LogP) is 2.19. The molecule has 1 aromatic carbocycles. The van der Waals surface area contributed by atoms with Crippen molar-refractivity contribution in [3.05, 3.63) is 35.1 Å². The third-order valence-electron chi connectivity index (χ3n) is 3.38. The zero-order valence-electron chi connectivity index (χ0n) is 10.6. The highest BCUT2D eigenvalue weighted by molar-refractivity contribution is 5.95. The van der Waals surface area contributed by atoms with E-state index in [1.807, 2.05) is 6.92 Å². The van der Waals surface area contributed by atoms with Crippen LogP contribution in [0.15, 0.2) is 18.2 Å². The molecule has 4 heteroatoms. The van der Waals surface area contributed by atoms with E-state index in [0.29, 0.717) is 30.6 Å². The topological polar surface area (TPSA) is 37.4 Å². The highest BCUT2D eigenvalue weighted by Crippen LogP contribution is 2.17. The third kappa shape index (κ3) is 2.42. The molecule has 0 bridgehead atoms. The molecular formula is C14H16FNO2. The van der Waals surface area contributed by atoms with Gasteiger partial charge in [-0.25, -0.2) is 4.39 Å². The SMILES string of the molecule is Cc1ccc(C(=O)N2CCC(=O)C(C)C2)cc1F. The highest BCUT2D eigenvalue weighted by Gasteiger charge is 2.27. The number of likely N-dealkylation sites (tertiary alicyclic amines) is 1. The molecule has 1 aliphatic rings. The molecule has 2 rings (SSSR count). The van der Waals surface area contributed by atoms with Crippen LogP contribution in [0.5, 0.6) is 0 Å². The largest absolute Gasteiger partial charge is 0.337 e. The van der Waals surface area contributed by atoms with E-state index in [1.165, 1.54) is 6.07 Å². The molecular weight excluding hydrogens is 233 g/mol. The van der Waals surface area contributed by atoms with Gasteiger partial charge in [0, 0.05) is 31.0 Å². The van der Waals surface area contributed by atoms with Crippen molar-refractivity contribution in [1.29, 1.82) is 0 Å². The second-order valence-corrected chi connectivity index (χ2v) is 4.83. The number of ketones is 1. The van der Waals surface area contributed by atoms with Gasteiger partial charge in [0.2, 0.25) is 0 Å². The first kappa shape index (κ1) is 12.7. The summed E-state index contributed by atoms with van der Waals surface area (Å²) >= 11 is 0. The van der Waals surface area contributed by atoms with Crippen molar-refractivity contribution >= 4 is 11.7 Å². The maximum absolute atomic E-state index is 13.4. The number of rotatable bonds is 1. The second kappa shape index (κ2) is 4.88. The van der Waals surface area contributed by atoms with Crippen LogP contribution in [0.25, 0.3) is 0 Å². The molecule has 1 saturated heterocycles. The minimum absolute atomic E-state index is 0.127. The van der Waals surface area contributed by atoms with Crippen LogP contribution in [0.4, 0.5) is 4.39 Å². The maximum Gasteiger partial charge on any atom is 0.253 e. The van der Waals surface area contributed by atoms with Crippen molar-refractivity contribution < 1.29 is 14.0 Å². The Kier molecular flexibility index (Phi) is 3.45. The second-order valence-electron chi connectivity index (χ2n) is 4.83. The maximum atomic E-state index is 13.4. The van der Waals surface area contributed by atoms with E-state index in [9.17, 15) is 14.0 Å². The summed E-state index contributed by atoms with van der Waals surface area (Å²) in [5, 5.41) is 0. The minimum atomic E-state index is -0.373. The lowest BCUT2D eigenvalue weighted by Gasteiger charge is -2.30. The van der Waals surface area contributed by atoms with Gasteiger partial charge in [-0.3, -0.25) is 9.59 Å². The Morgan fingerprint density at radius 2 is 2.17 bits per heavy atom. The van der Waals surface area contributed by atoms with Gasteiger partial charge in [-0.05, 0) is 24.6 Å². The van der Waals surface area contributed by atoms with E-state index in [1.54, 1.807) is 24.0 Å². The summed E-state index contributed by atoms with van der Waals surface area (Å²) in [4.78, 5) is 25.2. The molecule has 0 spiro atoms. The first-order valence-electron chi connectivity index (χ1n) is 6.07. The molecule has 96 valence electrons. The molecule has 1 unspecified atom stereocenters. The van der Waals surface area contributed by atoms with Crippen LogP contribution in [0, 0.1) is 18.7 Å². The Morgan fingerprint density at radius 1 is 1.44 bits per heavy atom. The molecule has 0 aromatic heterocycles. The molecule has 1 aliphatic heterocycles. The summed E-state index contributed by atoms with van der Waals surface area (Å²) in [6.45, 7) is 4.33. The van der Waals surface area contributed by atoms with Gasteiger partial charge in [0.1, 0.15) is 11.6 Å². The first-order valence-corrected chi connectivity index (χ1v) is 6.07. The van der Waals surface area contributed by atoms with E-state index in [-0.39, 0.29) is 23.4 Å². The van der Waals surface area contributed by atoms with Crippen LogP contribution in [0.3, 0.4) is 0 Å². The molecule has 1 fully saturated rings. The normalized spacial score (nSPS) is 20.1. The number of piperidine rings is 1. The van der Waals surface area contributed by atoms with Crippen LogP contribution >= 0.6 is 0 Å². The van der Waals surface area contributed by atoms with Gasteiger partial charge in [-0.2, -0.15) is 0 Å². The number of benzene rings is 1. The fraction of sp³-hybridized carbons (Fsp3) is 0.429. The van der Waals surface area contributed by atoms with Gasteiger partial charge >= 0.3 is 0 Å². The molecule has 1 atom stereocenters. The van der Waals surface area contributed by atoms with Crippen LogP contribution in [0.1, 0.15) is 29.3 Å². The molecule has 0 saturated carbocycles. The van der Waals surface area contributed by atoms with Crippen LogP contribution in [-0.4, -0.2) is 29.7 Å². The highest BCUT2D eigenvalue weighted by atomic mass is 19.1. The predicted molar refractivity (Wildman–Crippen MR) is 65.8 cm³/mol. The van der Waals surface area contributed by atoms with Crippen molar-refractivity contribution in [3.8, 4) is 0 Å². The summed E-state index contributed by atoms with van der Waals surface area (Å²) in [6, 6.07) is 4.49. The molecule has 3 nitrogen and oxygen atoms in total. The van der Waals surface area contributed by atoms with Crippen LogP contribution in [0.2, 0.25) is 0 Å². The summed E-state index contributed by atoms with van der Waals surface area (Å²) in [5.74, 6) is -0.512. The van der Waals surface area contributed by atoms with Crippen LogP contribution in [-0.2, 0) is 4.79 Å². The van der Waals surface area contributed by atoms with E-state index in [2.05, 4.69) is 0 Å². The van der Waals surface area contributed by atoms with E-state index < -0.39 is 0 Å². The van der Waals surface area contributed by atoms with Gasteiger partial charge in [-0.15, -0.1) is 0 Å². The summed E-state index contributed by atoms with van der Waals surface area (Å²) in [6.07, 6.45) is 0.390. The Morgan fingerprint density at radius 3 is 2.78 bits per heavy atom. The number of nitrogens with zero attached hydrogens (tertiary/aromatic N) is 1. The van der Waals surface area contributed by atoms with Gasteiger partial charge in [0.05, 0.1) is 0 Å². The Bertz CT molecular complexity index is 499. The van der Waals surface area contributed by atoms with Gasteiger partial charge in [-0.1, -0.05) is 13.0 Å². The number of carbonyl (C=O) groups excluding carboxylic acids is 2. The summed E-state index contributed by atoms with van der Waals surface area (Å²) in [7, 11) is 0. The monoisotopic (exact) mass is 249 g/mol. The van der Waals surface area contributed by atoms with E-state index in [4.69, 9.17) is 0 Å². The summed E-state index contributed by atoms with van der Waals surface area (Å²) in [5.41, 5.74) is 0.869. The molecule has 0 aliphatic carbocycles. The van der Waals surface area contributed by atoms with Crippen molar-refractivity contribution in [3.63, 3.8) is 0 Å². The molecule has 0 radical (unpaired) electrons. The molecule has 18 heavy (non-hydrogen) atoms. The number of aryl methyl sites for hydroxylation is 1. The summed E-state index contributed by atoms with van der Waals surface area (Å²) < 4.78 is 13.4. The average Bonchev–Trinajstić information content (AvgIpc) is 2.35. The molecule has 1 aromatic rings. The Hall–Kier alpha value is -1.71. The van der Waals surface area contributed by atoms with Crippen molar-refractivity contribution in [1.82, 2.24) is 4.90 Å². The third-order valence-corrected chi connectivity index (χ3v) is 3.38. The zero-order valence-corrected chi connectivity index (χ0v) is 10.6.